The molecule has 3 nitrogen and oxygen atoms in total. The molecule has 0 atom stereocenters. The smallest absolute Gasteiger partial charge is 0.310 e. The van der Waals surface area contributed by atoms with E-state index in [9.17, 15) is 4.79 Å². The zero-order valence-electron chi connectivity index (χ0n) is 3.72. The number of hydrogen-bond donors (Lipinski definition) is 1. The molecule has 7 heavy (non-hydrogen) atoms. The van der Waals surface area contributed by atoms with E-state index in [1.807, 2.05) is 0 Å². The van der Waals surface area contributed by atoms with Crippen molar-refractivity contribution in [2.45, 2.75) is 6.42 Å². The normalized spacial score (nSPS) is 7.29. The van der Waals surface area contributed by atoms with Crippen molar-refractivity contribution in [2.24, 2.45) is 0 Å². The van der Waals surface area contributed by atoms with Crippen LogP contribution in [0, 0.1) is 6.57 Å². The minimum atomic E-state index is -0.906. The molecule has 0 aromatic rings. The maximum absolute atomic E-state index is 9.61. The van der Waals surface area contributed by atoms with Crippen LogP contribution in [-0.4, -0.2) is 17.6 Å². The molecule has 3 heteroatoms. The molecule has 1 N–H and O–H groups in total. The van der Waals surface area contributed by atoms with Crippen molar-refractivity contribution in [3.63, 3.8) is 0 Å². The molecule has 0 heterocycles. The van der Waals surface area contributed by atoms with Crippen LogP contribution in [0.1, 0.15) is 6.42 Å². The fraction of sp³-hybridized carbons (Fsp3) is 0.500. The maximum Gasteiger partial charge on any atom is 0.310 e. The molecule has 38 valence electrons. The largest absolute Gasteiger partial charge is 0.481 e. The second-order valence-electron chi connectivity index (χ2n) is 1.03. The van der Waals surface area contributed by atoms with Gasteiger partial charge in [-0.05, 0) is 0 Å². The van der Waals surface area contributed by atoms with Gasteiger partial charge in [-0.3, -0.25) is 4.79 Å². The number of nitrogens with zero attached hydrogens (tertiary/aromatic N) is 1. The SMILES string of the molecule is [C-]#[N+]CCC(=O)O. The van der Waals surface area contributed by atoms with Gasteiger partial charge in [0.25, 0.3) is 0 Å². The Hall–Kier alpha value is -1.04. The van der Waals surface area contributed by atoms with Gasteiger partial charge in [0, 0.05) is 0 Å². The molecule has 0 aromatic carbocycles. The highest BCUT2D eigenvalue weighted by atomic mass is 16.4. The molecule has 0 bridgehead atoms. The molecule has 0 unspecified atom stereocenters. The van der Waals surface area contributed by atoms with Crippen LogP contribution in [0.4, 0.5) is 0 Å². The summed E-state index contributed by atoms with van der Waals surface area (Å²) >= 11 is 0. The number of hydrogen-bond acceptors (Lipinski definition) is 1. The van der Waals surface area contributed by atoms with E-state index in [0.717, 1.165) is 0 Å². The van der Waals surface area contributed by atoms with Crippen molar-refractivity contribution in [3.05, 3.63) is 11.4 Å². The van der Waals surface area contributed by atoms with E-state index < -0.39 is 5.97 Å². The highest BCUT2D eigenvalue weighted by Gasteiger charge is 1.94. The first-order chi connectivity index (χ1) is 3.27. The molecular formula is C4H5NO2. The van der Waals surface area contributed by atoms with Crippen LogP contribution < -0.4 is 0 Å². The Morgan fingerprint density at radius 2 is 2.43 bits per heavy atom. The molecular weight excluding hydrogens is 94.0 g/mol. The summed E-state index contributed by atoms with van der Waals surface area (Å²) in [5.74, 6) is -0.906. The molecule has 0 aliphatic heterocycles. The van der Waals surface area contributed by atoms with Gasteiger partial charge in [-0.25, -0.2) is 6.57 Å². The lowest BCUT2D eigenvalue weighted by Crippen LogP contribution is -1.94. The quantitative estimate of drug-likeness (QED) is 0.508. The molecule has 0 saturated carbocycles. The molecule has 0 aromatic heterocycles. The third-order valence-electron chi connectivity index (χ3n) is 0.437. The second kappa shape index (κ2) is 3.16. The summed E-state index contributed by atoms with van der Waals surface area (Å²) in [7, 11) is 0. The van der Waals surface area contributed by atoms with Gasteiger partial charge in [0.15, 0.2) is 0 Å². The Morgan fingerprint density at radius 3 is 2.57 bits per heavy atom. The highest BCUT2D eigenvalue weighted by Crippen LogP contribution is 1.77. The Morgan fingerprint density at radius 1 is 1.86 bits per heavy atom. The third kappa shape index (κ3) is 4.96. The third-order valence-corrected chi connectivity index (χ3v) is 0.437. The van der Waals surface area contributed by atoms with Crippen molar-refractivity contribution < 1.29 is 9.90 Å². The fourth-order valence-electron chi connectivity index (χ4n) is 0.152. The average molecular weight is 99.1 g/mol. The molecule has 0 spiro atoms. The Balaban J connectivity index is 3.02. The number of aliphatic carboxylic acids is 1. The van der Waals surface area contributed by atoms with Crippen molar-refractivity contribution in [1.29, 1.82) is 0 Å². The zero-order valence-corrected chi connectivity index (χ0v) is 3.72. The monoisotopic (exact) mass is 99.0 g/mol. The van der Waals surface area contributed by atoms with E-state index in [1.54, 1.807) is 0 Å². The summed E-state index contributed by atoms with van der Waals surface area (Å²) in [6, 6.07) is 0. The van der Waals surface area contributed by atoms with Crippen molar-refractivity contribution in [1.82, 2.24) is 0 Å². The second-order valence-corrected chi connectivity index (χ2v) is 1.03. The molecule has 0 fully saturated rings. The van der Waals surface area contributed by atoms with Crippen LogP contribution in [0.2, 0.25) is 0 Å². The average Bonchev–Trinajstić information content (AvgIpc) is 1.61. The molecule has 0 rings (SSSR count). The van der Waals surface area contributed by atoms with Gasteiger partial charge in [-0.1, -0.05) is 0 Å². The maximum atomic E-state index is 9.61. The first-order valence-electron chi connectivity index (χ1n) is 1.82. The summed E-state index contributed by atoms with van der Waals surface area (Å²) in [6.07, 6.45) is -0.0382. The topological polar surface area (TPSA) is 41.7 Å². The van der Waals surface area contributed by atoms with E-state index in [1.165, 1.54) is 0 Å². The Bertz CT molecular complexity index is 103. The number of carboxylic acids is 1. The van der Waals surface area contributed by atoms with Gasteiger partial charge in [0.2, 0.25) is 6.54 Å². The fourth-order valence-corrected chi connectivity index (χ4v) is 0.152. The van der Waals surface area contributed by atoms with Gasteiger partial charge in [0.05, 0.1) is 0 Å². The first kappa shape index (κ1) is 5.96. The van der Waals surface area contributed by atoms with Crippen molar-refractivity contribution in [2.75, 3.05) is 6.54 Å². The standard InChI is InChI=1S/C4H5NO2/c1-5-3-2-4(6)7/h2-3H2,(H,6,7). The van der Waals surface area contributed by atoms with E-state index in [2.05, 4.69) is 4.85 Å². The summed E-state index contributed by atoms with van der Waals surface area (Å²) in [5, 5.41) is 7.90. The van der Waals surface area contributed by atoms with Gasteiger partial charge in [-0.15, -0.1) is 0 Å². The zero-order chi connectivity index (χ0) is 5.70. The lowest BCUT2D eigenvalue weighted by Gasteiger charge is -1.76. The van der Waals surface area contributed by atoms with Gasteiger partial charge >= 0.3 is 5.97 Å². The van der Waals surface area contributed by atoms with Crippen LogP contribution in [0.15, 0.2) is 0 Å². The number of carbonyl (C=O) groups is 1. The van der Waals surface area contributed by atoms with E-state index in [0.29, 0.717) is 0 Å². The summed E-state index contributed by atoms with van der Waals surface area (Å²) in [6.45, 7) is 6.25. The predicted molar refractivity (Wildman–Crippen MR) is 23.7 cm³/mol. The molecule has 0 aliphatic carbocycles. The van der Waals surface area contributed by atoms with Gasteiger partial charge in [0.1, 0.15) is 6.42 Å². The summed E-state index contributed by atoms with van der Waals surface area (Å²) in [4.78, 5) is 12.5. The lowest BCUT2D eigenvalue weighted by atomic mass is 10.4. The van der Waals surface area contributed by atoms with Crippen LogP contribution in [-0.2, 0) is 4.79 Å². The molecule has 0 radical (unpaired) electrons. The van der Waals surface area contributed by atoms with Crippen molar-refractivity contribution in [3.8, 4) is 0 Å². The molecule has 0 aliphatic rings. The first-order valence-corrected chi connectivity index (χ1v) is 1.82. The number of rotatable bonds is 2. The molecule has 0 saturated heterocycles. The van der Waals surface area contributed by atoms with E-state index in [-0.39, 0.29) is 13.0 Å². The highest BCUT2D eigenvalue weighted by molar-refractivity contribution is 5.67. The molecule has 0 amide bonds. The van der Waals surface area contributed by atoms with Crippen LogP contribution in [0.25, 0.3) is 4.85 Å². The lowest BCUT2D eigenvalue weighted by molar-refractivity contribution is -0.136. The predicted octanol–water partition coefficient (Wildman–Crippen LogP) is 0.380. The Labute approximate surface area is 41.4 Å². The number of carboxylic acid groups (broad SMARTS) is 1. The van der Waals surface area contributed by atoms with Crippen LogP contribution in [0.5, 0.6) is 0 Å². The van der Waals surface area contributed by atoms with E-state index in [4.69, 9.17) is 11.7 Å². The summed E-state index contributed by atoms with van der Waals surface area (Å²) in [5.41, 5.74) is 0. The Kier molecular flexibility index (Phi) is 2.69. The minimum absolute atomic E-state index is 0.0382. The van der Waals surface area contributed by atoms with Crippen LogP contribution >= 0.6 is 0 Å². The van der Waals surface area contributed by atoms with Crippen molar-refractivity contribution >= 4 is 5.97 Å². The van der Waals surface area contributed by atoms with E-state index >= 15 is 0 Å². The van der Waals surface area contributed by atoms with Gasteiger partial charge < -0.3 is 9.95 Å². The summed E-state index contributed by atoms with van der Waals surface area (Å²) < 4.78 is 0. The van der Waals surface area contributed by atoms with Crippen LogP contribution in [0.3, 0.4) is 0 Å². The minimum Gasteiger partial charge on any atom is -0.481 e. The van der Waals surface area contributed by atoms with Gasteiger partial charge in [-0.2, -0.15) is 0 Å².